The normalized spacial score (nSPS) is 24.2. The van der Waals surface area contributed by atoms with Crippen LogP contribution in [0.2, 0.25) is 0 Å². The summed E-state index contributed by atoms with van der Waals surface area (Å²) in [5, 5.41) is 5.40. The van der Waals surface area contributed by atoms with Crippen molar-refractivity contribution in [2.75, 3.05) is 32.7 Å². The number of thiophene rings is 1. The molecule has 3 rings (SSSR count). The Morgan fingerprint density at radius 3 is 2.90 bits per heavy atom. The molecule has 0 bridgehead atoms. The van der Waals surface area contributed by atoms with Crippen LogP contribution >= 0.6 is 27.3 Å². The van der Waals surface area contributed by atoms with Gasteiger partial charge in [-0.1, -0.05) is 0 Å². The van der Waals surface area contributed by atoms with E-state index in [9.17, 15) is 4.79 Å². The molecule has 1 aromatic heterocycles. The van der Waals surface area contributed by atoms with E-state index in [1.54, 1.807) is 11.3 Å². The largest absolute Gasteiger partial charge is 0.339 e. The first-order valence-corrected chi connectivity index (χ1v) is 8.88. The molecule has 1 unspecified atom stereocenters. The molecular formula is C14H20BrN3OS. The predicted octanol–water partition coefficient (Wildman–Crippen LogP) is 1.91. The molecule has 110 valence electrons. The van der Waals surface area contributed by atoms with Crippen molar-refractivity contribution in [1.82, 2.24) is 15.1 Å². The Hall–Kier alpha value is -0.430. The lowest BCUT2D eigenvalue weighted by Crippen LogP contribution is -2.52. The molecule has 2 saturated heterocycles. The van der Waals surface area contributed by atoms with Crippen LogP contribution in [0.4, 0.5) is 0 Å². The Bertz CT molecular complexity index is 473. The Balaban J connectivity index is 1.65. The molecular weight excluding hydrogens is 338 g/mol. The van der Waals surface area contributed by atoms with Crippen molar-refractivity contribution in [3.63, 3.8) is 0 Å². The second kappa shape index (κ2) is 6.56. The number of hydrogen-bond acceptors (Lipinski definition) is 4. The molecule has 0 radical (unpaired) electrons. The lowest BCUT2D eigenvalue weighted by atomic mass is 10.1. The summed E-state index contributed by atoms with van der Waals surface area (Å²) in [6.07, 6.45) is 2.14. The van der Waals surface area contributed by atoms with Crippen molar-refractivity contribution in [3.8, 4) is 0 Å². The highest BCUT2D eigenvalue weighted by atomic mass is 79.9. The van der Waals surface area contributed by atoms with Crippen molar-refractivity contribution in [1.29, 1.82) is 0 Å². The van der Waals surface area contributed by atoms with E-state index in [1.165, 1.54) is 9.35 Å². The molecule has 0 aliphatic carbocycles. The monoisotopic (exact) mass is 357 g/mol. The maximum atomic E-state index is 12.7. The average molecular weight is 358 g/mol. The fraction of sp³-hybridized carbons (Fsp3) is 0.643. The number of likely N-dealkylation sites (tertiary alicyclic amines) is 1. The fourth-order valence-electron chi connectivity index (χ4n) is 3.01. The third kappa shape index (κ3) is 3.08. The first kappa shape index (κ1) is 14.5. The molecule has 1 aromatic rings. The van der Waals surface area contributed by atoms with E-state index in [4.69, 9.17) is 0 Å². The quantitative estimate of drug-likeness (QED) is 0.897. The number of hydrogen-bond donors (Lipinski definition) is 1. The number of nitrogens with one attached hydrogen (secondary N) is 1. The van der Waals surface area contributed by atoms with Crippen LogP contribution in [0, 0.1) is 0 Å². The second-order valence-electron chi connectivity index (χ2n) is 5.40. The Kier molecular flexibility index (Phi) is 4.75. The zero-order chi connectivity index (χ0) is 13.9. The van der Waals surface area contributed by atoms with E-state index >= 15 is 0 Å². The molecule has 20 heavy (non-hydrogen) atoms. The predicted molar refractivity (Wildman–Crippen MR) is 84.9 cm³/mol. The minimum atomic E-state index is 0.0853. The van der Waals surface area contributed by atoms with E-state index in [1.807, 2.05) is 4.90 Å². The van der Waals surface area contributed by atoms with Crippen molar-refractivity contribution in [3.05, 3.63) is 20.8 Å². The standard InChI is InChI=1S/C14H20BrN3OS/c15-11-3-9-20-13(11)10-18-6-1-2-12(18)14(19)17-7-4-16-5-8-17/h3,9,12,16H,1-2,4-8,10H2. The van der Waals surface area contributed by atoms with Gasteiger partial charge in [0.05, 0.1) is 6.04 Å². The van der Waals surface area contributed by atoms with E-state index in [-0.39, 0.29) is 6.04 Å². The highest BCUT2D eigenvalue weighted by Gasteiger charge is 2.34. The third-order valence-corrected chi connectivity index (χ3v) is 6.03. The molecule has 2 aliphatic rings. The highest BCUT2D eigenvalue weighted by molar-refractivity contribution is 9.10. The summed E-state index contributed by atoms with van der Waals surface area (Å²) >= 11 is 5.35. The van der Waals surface area contributed by atoms with Gasteiger partial charge in [-0.3, -0.25) is 9.69 Å². The van der Waals surface area contributed by atoms with E-state index in [0.717, 1.165) is 52.1 Å². The number of amides is 1. The lowest BCUT2D eigenvalue weighted by Gasteiger charge is -2.32. The molecule has 2 fully saturated rings. The number of piperazine rings is 1. The van der Waals surface area contributed by atoms with E-state index in [0.29, 0.717) is 5.91 Å². The van der Waals surface area contributed by atoms with Crippen LogP contribution < -0.4 is 5.32 Å². The third-order valence-electron chi connectivity index (χ3n) is 4.12. The average Bonchev–Trinajstić information content (AvgIpc) is 3.09. The van der Waals surface area contributed by atoms with E-state index in [2.05, 4.69) is 37.6 Å². The van der Waals surface area contributed by atoms with Crippen molar-refractivity contribution >= 4 is 33.2 Å². The SMILES string of the molecule is O=C(C1CCCN1Cc1sccc1Br)N1CCNCC1. The number of rotatable bonds is 3. The molecule has 3 heterocycles. The number of carbonyl (C=O) groups excluding carboxylic acids is 1. The van der Waals surface area contributed by atoms with Crippen LogP contribution in [-0.2, 0) is 11.3 Å². The molecule has 0 saturated carbocycles. The van der Waals surface area contributed by atoms with Gasteiger partial charge in [-0.15, -0.1) is 11.3 Å². The molecule has 1 N–H and O–H groups in total. The Morgan fingerprint density at radius 1 is 1.40 bits per heavy atom. The Labute approximate surface area is 132 Å². The molecule has 1 amide bonds. The maximum absolute atomic E-state index is 12.7. The fourth-order valence-corrected chi connectivity index (χ4v) is 4.52. The minimum absolute atomic E-state index is 0.0853. The van der Waals surface area contributed by atoms with Gasteiger partial charge in [-0.25, -0.2) is 0 Å². The van der Waals surface area contributed by atoms with Gasteiger partial charge < -0.3 is 10.2 Å². The second-order valence-corrected chi connectivity index (χ2v) is 7.25. The molecule has 0 spiro atoms. The first-order chi connectivity index (χ1) is 9.75. The lowest BCUT2D eigenvalue weighted by molar-refractivity contribution is -0.136. The maximum Gasteiger partial charge on any atom is 0.240 e. The summed E-state index contributed by atoms with van der Waals surface area (Å²) in [5.41, 5.74) is 0. The van der Waals surface area contributed by atoms with Crippen LogP contribution in [-0.4, -0.2) is 54.5 Å². The summed E-state index contributed by atoms with van der Waals surface area (Å²) in [4.78, 5) is 18.4. The van der Waals surface area contributed by atoms with Crippen LogP contribution in [0.25, 0.3) is 0 Å². The number of nitrogens with zero attached hydrogens (tertiary/aromatic N) is 2. The van der Waals surface area contributed by atoms with Crippen LogP contribution in [0.3, 0.4) is 0 Å². The molecule has 6 heteroatoms. The van der Waals surface area contributed by atoms with Crippen molar-refractivity contribution < 1.29 is 4.79 Å². The molecule has 0 aromatic carbocycles. The Morgan fingerprint density at radius 2 is 2.20 bits per heavy atom. The van der Waals surface area contributed by atoms with Gasteiger partial charge in [0.2, 0.25) is 5.91 Å². The van der Waals surface area contributed by atoms with Crippen LogP contribution in [0.15, 0.2) is 15.9 Å². The summed E-state index contributed by atoms with van der Waals surface area (Å²) in [6, 6.07) is 2.17. The van der Waals surface area contributed by atoms with Gasteiger partial charge in [0, 0.05) is 42.1 Å². The van der Waals surface area contributed by atoms with Gasteiger partial charge in [-0.05, 0) is 46.8 Å². The van der Waals surface area contributed by atoms with Gasteiger partial charge in [-0.2, -0.15) is 0 Å². The van der Waals surface area contributed by atoms with Gasteiger partial charge in [0.15, 0.2) is 0 Å². The van der Waals surface area contributed by atoms with Gasteiger partial charge >= 0.3 is 0 Å². The zero-order valence-corrected chi connectivity index (χ0v) is 13.9. The molecule has 2 aliphatic heterocycles. The minimum Gasteiger partial charge on any atom is -0.339 e. The van der Waals surface area contributed by atoms with Gasteiger partial charge in [0.1, 0.15) is 0 Å². The zero-order valence-electron chi connectivity index (χ0n) is 11.5. The van der Waals surface area contributed by atoms with E-state index < -0.39 is 0 Å². The van der Waals surface area contributed by atoms with Crippen LogP contribution in [0.1, 0.15) is 17.7 Å². The summed E-state index contributed by atoms with van der Waals surface area (Å²) in [5.74, 6) is 0.330. The van der Waals surface area contributed by atoms with Crippen LogP contribution in [0.5, 0.6) is 0 Å². The first-order valence-electron chi connectivity index (χ1n) is 7.21. The summed E-state index contributed by atoms with van der Waals surface area (Å²) < 4.78 is 1.17. The van der Waals surface area contributed by atoms with Crippen molar-refractivity contribution in [2.24, 2.45) is 0 Å². The number of carbonyl (C=O) groups is 1. The summed E-state index contributed by atoms with van der Waals surface area (Å²) in [6.45, 7) is 5.48. The number of halogens is 1. The molecule has 1 atom stereocenters. The van der Waals surface area contributed by atoms with Crippen molar-refractivity contribution in [2.45, 2.75) is 25.4 Å². The molecule has 4 nitrogen and oxygen atoms in total. The smallest absolute Gasteiger partial charge is 0.240 e. The highest BCUT2D eigenvalue weighted by Crippen LogP contribution is 2.28. The van der Waals surface area contributed by atoms with Gasteiger partial charge in [0.25, 0.3) is 0 Å². The summed E-state index contributed by atoms with van der Waals surface area (Å²) in [7, 11) is 0. The topological polar surface area (TPSA) is 35.6 Å².